The van der Waals surface area contributed by atoms with E-state index in [9.17, 15) is 17.6 Å². The zero-order chi connectivity index (χ0) is 14.2. The molecule has 102 valence electrons. The SMILES string of the molecule is Cc1cc(F)cc(-c2nc(C(F)(F)F)c(CN)s2)c1. The van der Waals surface area contributed by atoms with Gasteiger partial charge in [-0.05, 0) is 30.7 Å². The lowest BCUT2D eigenvalue weighted by molar-refractivity contribution is -0.141. The summed E-state index contributed by atoms with van der Waals surface area (Å²) in [6, 6.07) is 4.04. The van der Waals surface area contributed by atoms with E-state index >= 15 is 0 Å². The minimum Gasteiger partial charge on any atom is -0.326 e. The van der Waals surface area contributed by atoms with Crippen molar-refractivity contribution in [2.45, 2.75) is 19.6 Å². The first-order valence-electron chi connectivity index (χ1n) is 5.36. The van der Waals surface area contributed by atoms with Gasteiger partial charge in [-0.2, -0.15) is 13.2 Å². The third-order valence-electron chi connectivity index (χ3n) is 2.44. The number of thiazole rings is 1. The number of aromatic nitrogens is 1. The third kappa shape index (κ3) is 2.93. The summed E-state index contributed by atoms with van der Waals surface area (Å²) in [6.07, 6.45) is -4.55. The summed E-state index contributed by atoms with van der Waals surface area (Å²) < 4.78 is 51.5. The van der Waals surface area contributed by atoms with E-state index in [1.807, 2.05) is 0 Å². The summed E-state index contributed by atoms with van der Waals surface area (Å²) in [4.78, 5) is 3.50. The van der Waals surface area contributed by atoms with Gasteiger partial charge in [-0.1, -0.05) is 0 Å². The number of benzene rings is 1. The van der Waals surface area contributed by atoms with Crippen LogP contribution in [0.4, 0.5) is 17.6 Å². The highest BCUT2D eigenvalue weighted by Crippen LogP contribution is 2.37. The van der Waals surface area contributed by atoms with Gasteiger partial charge in [0.2, 0.25) is 0 Å². The molecule has 0 saturated carbocycles. The highest BCUT2D eigenvalue weighted by Gasteiger charge is 2.37. The van der Waals surface area contributed by atoms with Gasteiger partial charge in [0.1, 0.15) is 10.8 Å². The van der Waals surface area contributed by atoms with Crippen LogP contribution in [0.1, 0.15) is 16.1 Å². The van der Waals surface area contributed by atoms with Crippen LogP contribution in [0.2, 0.25) is 0 Å². The maximum Gasteiger partial charge on any atom is 0.434 e. The first kappa shape index (κ1) is 14.0. The van der Waals surface area contributed by atoms with E-state index in [4.69, 9.17) is 5.73 Å². The second-order valence-corrected chi connectivity index (χ2v) is 5.09. The smallest absolute Gasteiger partial charge is 0.326 e. The summed E-state index contributed by atoms with van der Waals surface area (Å²) in [5.41, 5.74) is 5.25. The molecule has 2 N–H and O–H groups in total. The Morgan fingerprint density at radius 1 is 1.26 bits per heavy atom. The average Bonchev–Trinajstić information content (AvgIpc) is 2.71. The zero-order valence-electron chi connectivity index (χ0n) is 9.88. The van der Waals surface area contributed by atoms with Crippen LogP contribution < -0.4 is 5.73 Å². The van der Waals surface area contributed by atoms with Crippen molar-refractivity contribution in [1.82, 2.24) is 4.98 Å². The van der Waals surface area contributed by atoms with Crippen LogP contribution in [0.25, 0.3) is 10.6 Å². The van der Waals surface area contributed by atoms with Gasteiger partial charge in [0.15, 0.2) is 5.69 Å². The molecule has 0 amide bonds. The van der Waals surface area contributed by atoms with Gasteiger partial charge in [-0.3, -0.25) is 0 Å². The molecule has 0 spiro atoms. The van der Waals surface area contributed by atoms with E-state index in [1.54, 1.807) is 13.0 Å². The monoisotopic (exact) mass is 290 g/mol. The Bertz CT molecular complexity index is 584. The Morgan fingerprint density at radius 3 is 2.42 bits per heavy atom. The maximum absolute atomic E-state index is 13.3. The number of rotatable bonds is 2. The van der Waals surface area contributed by atoms with E-state index in [0.717, 1.165) is 17.4 Å². The van der Waals surface area contributed by atoms with Crippen molar-refractivity contribution in [3.05, 3.63) is 40.2 Å². The van der Waals surface area contributed by atoms with Gasteiger partial charge < -0.3 is 5.73 Å². The van der Waals surface area contributed by atoms with Gasteiger partial charge in [0, 0.05) is 12.1 Å². The number of alkyl halides is 3. The highest BCUT2D eigenvalue weighted by molar-refractivity contribution is 7.15. The Kier molecular flexibility index (Phi) is 3.60. The molecule has 0 unspecified atom stereocenters. The topological polar surface area (TPSA) is 38.9 Å². The van der Waals surface area contributed by atoms with Gasteiger partial charge in [0.25, 0.3) is 0 Å². The van der Waals surface area contributed by atoms with Gasteiger partial charge >= 0.3 is 6.18 Å². The van der Waals surface area contributed by atoms with E-state index < -0.39 is 17.7 Å². The van der Waals surface area contributed by atoms with Crippen molar-refractivity contribution in [2.24, 2.45) is 5.73 Å². The molecular weight excluding hydrogens is 280 g/mol. The highest BCUT2D eigenvalue weighted by atomic mass is 32.1. The fourth-order valence-electron chi connectivity index (χ4n) is 1.69. The van der Waals surface area contributed by atoms with Crippen molar-refractivity contribution < 1.29 is 17.6 Å². The van der Waals surface area contributed by atoms with Gasteiger partial charge in [-0.15, -0.1) is 11.3 Å². The molecule has 0 aliphatic heterocycles. The van der Waals surface area contributed by atoms with Crippen LogP contribution in [-0.4, -0.2) is 4.98 Å². The van der Waals surface area contributed by atoms with Crippen LogP contribution in [0.3, 0.4) is 0 Å². The summed E-state index contributed by atoms with van der Waals surface area (Å²) >= 11 is 0.834. The quantitative estimate of drug-likeness (QED) is 0.856. The van der Waals surface area contributed by atoms with Crippen molar-refractivity contribution >= 4 is 11.3 Å². The van der Waals surface area contributed by atoms with Gasteiger partial charge in [0.05, 0.1) is 4.88 Å². The molecule has 1 aromatic carbocycles. The lowest BCUT2D eigenvalue weighted by atomic mass is 10.1. The number of hydrogen-bond acceptors (Lipinski definition) is 3. The molecule has 2 nitrogen and oxygen atoms in total. The predicted octanol–water partition coefficient (Wildman–Crippen LogP) is 3.74. The molecule has 0 aliphatic carbocycles. The molecular formula is C12H10F4N2S. The molecule has 0 aliphatic rings. The average molecular weight is 290 g/mol. The maximum atomic E-state index is 13.3. The normalized spacial score (nSPS) is 11.9. The molecule has 1 heterocycles. The van der Waals surface area contributed by atoms with E-state index in [0.29, 0.717) is 11.1 Å². The molecule has 0 saturated heterocycles. The van der Waals surface area contributed by atoms with Crippen molar-refractivity contribution in [1.29, 1.82) is 0 Å². The van der Waals surface area contributed by atoms with E-state index in [2.05, 4.69) is 4.98 Å². The standard InChI is InChI=1S/C12H10F4N2S/c1-6-2-7(4-8(13)3-6)11-18-10(12(14,15)16)9(5-17)19-11/h2-4H,5,17H2,1H3. The van der Waals surface area contributed by atoms with Crippen molar-refractivity contribution in [2.75, 3.05) is 0 Å². The molecule has 2 rings (SSSR count). The molecule has 2 aromatic rings. The van der Waals surface area contributed by atoms with E-state index in [-0.39, 0.29) is 16.4 Å². The molecule has 19 heavy (non-hydrogen) atoms. The fraction of sp³-hybridized carbons (Fsp3) is 0.250. The number of nitrogens with zero attached hydrogens (tertiary/aromatic N) is 1. The Balaban J connectivity index is 2.55. The molecule has 0 fully saturated rings. The first-order chi connectivity index (χ1) is 8.81. The molecule has 0 atom stereocenters. The predicted molar refractivity (Wildman–Crippen MR) is 65.1 cm³/mol. The summed E-state index contributed by atoms with van der Waals surface area (Å²) in [6.45, 7) is 1.41. The fourth-order valence-corrected chi connectivity index (χ4v) is 2.64. The number of nitrogens with two attached hydrogens (primary N) is 1. The summed E-state index contributed by atoms with van der Waals surface area (Å²) in [7, 11) is 0. The minimum absolute atomic E-state index is 0.0515. The first-order valence-corrected chi connectivity index (χ1v) is 6.17. The third-order valence-corrected chi connectivity index (χ3v) is 3.57. The van der Waals surface area contributed by atoms with Crippen LogP contribution in [-0.2, 0) is 12.7 Å². The Morgan fingerprint density at radius 2 is 1.95 bits per heavy atom. The second-order valence-electron chi connectivity index (χ2n) is 4.01. The number of aryl methyl sites for hydroxylation is 1. The van der Waals surface area contributed by atoms with Crippen LogP contribution >= 0.6 is 11.3 Å². The molecule has 0 radical (unpaired) electrons. The Hall–Kier alpha value is -1.47. The zero-order valence-corrected chi connectivity index (χ0v) is 10.7. The summed E-state index contributed by atoms with van der Waals surface area (Å²) in [5, 5.41) is 0.121. The van der Waals surface area contributed by atoms with Crippen LogP contribution in [0.5, 0.6) is 0 Å². The molecule has 1 aromatic heterocycles. The Labute approximate surface area is 110 Å². The van der Waals surface area contributed by atoms with Crippen LogP contribution in [0, 0.1) is 12.7 Å². The summed E-state index contributed by atoms with van der Waals surface area (Å²) in [5.74, 6) is -0.506. The van der Waals surface area contributed by atoms with Crippen molar-refractivity contribution in [3.8, 4) is 10.6 Å². The molecule has 0 bridgehead atoms. The number of hydrogen-bond donors (Lipinski definition) is 1. The molecule has 7 heteroatoms. The largest absolute Gasteiger partial charge is 0.434 e. The minimum atomic E-state index is -4.55. The number of halogens is 4. The lowest BCUT2D eigenvalue weighted by Gasteiger charge is -2.03. The second kappa shape index (κ2) is 4.90. The van der Waals surface area contributed by atoms with Crippen LogP contribution in [0.15, 0.2) is 18.2 Å². The lowest BCUT2D eigenvalue weighted by Crippen LogP contribution is -2.10. The van der Waals surface area contributed by atoms with Crippen molar-refractivity contribution in [3.63, 3.8) is 0 Å². The van der Waals surface area contributed by atoms with E-state index in [1.165, 1.54) is 6.07 Å². The van der Waals surface area contributed by atoms with Gasteiger partial charge in [-0.25, -0.2) is 9.37 Å².